The van der Waals surface area contributed by atoms with Crippen molar-refractivity contribution in [3.8, 4) is 5.69 Å². The number of amides is 1. The molecule has 3 aromatic carbocycles. The average Bonchev–Trinajstić information content (AvgIpc) is 3.34. The molecule has 0 bridgehead atoms. The largest absolute Gasteiger partial charge is 0.342 e. The number of hydrogen-bond donors (Lipinski definition) is 1. The number of aryl methyl sites for hydroxylation is 2. The molecule has 8 heteroatoms. The number of hydrogen-bond acceptors (Lipinski definition) is 4. The Balaban J connectivity index is 1.56. The number of halogens is 2. The zero-order valence-electron chi connectivity index (χ0n) is 21.9. The molecule has 0 aliphatic carbocycles. The van der Waals surface area contributed by atoms with Gasteiger partial charge in [0, 0.05) is 16.3 Å². The van der Waals surface area contributed by atoms with Crippen molar-refractivity contribution in [1.29, 1.82) is 0 Å². The first-order chi connectivity index (χ1) is 18.4. The van der Waals surface area contributed by atoms with Crippen molar-refractivity contribution in [3.05, 3.63) is 106 Å². The van der Waals surface area contributed by atoms with Gasteiger partial charge in [0.05, 0.1) is 11.7 Å². The molecule has 1 N–H and O–H groups in total. The molecule has 1 atom stereocenters. The number of rotatable bonds is 11. The summed E-state index contributed by atoms with van der Waals surface area (Å²) in [5, 5.41) is 13.2. The number of unbranched alkanes of at least 4 members (excludes halogenated alkanes) is 2. The lowest BCUT2D eigenvalue weighted by molar-refractivity contribution is 0.0938. The smallest absolute Gasteiger partial charge is 0.251 e. The quantitative estimate of drug-likeness (QED) is 0.152. The molecule has 0 spiro atoms. The van der Waals surface area contributed by atoms with Crippen molar-refractivity contribution in [2.45, 2.75) is 63.4 Å². The van der Waals surface area contributed by atoms with Gasteiger partial charge in [0.1, 0.15) is 5.82 Å². The summed E-state index contributed by atoms with van der Waals surface area (Å²) in [4.78, 5) is 13.1. The number of nitrogens with one attached hydrogen (secondary N) is 1. The normalized spacial score (nSPS) is 11.9. The second kappa shape index (κ2) is 13.1. The molecular formula is C30H32ClFN4OS. The molecule has 0 saturated carbocycles. The van der Waals surface area contributed by atoms with Gasteiger partial charge in [-0.05, 0) is 79.8 Å². The summed E-state index contributed by atoms with van der Waals surface area (Å²) >= 11 is 7.85. The first kappa shape index (κ1) is 27.9. The Kier molecular flexibility index (Phi) is 9.58. The summed E-state index contributed by atoms with van der Waals surface area (Å²) in [5.41, 5.74) is 4.65. The van der Waals surface area contributed by atoms with E-state index in [1.165, 1.54) is 42.3 Å². The number of nitrogens with zero attached hydrogens (tertiary/aromatic N) is 3. The number of carbonyl (C=O) groups is 1. The van der Waals surface area contributed by atoms with Crippen molar-refractivity contribution < 1.29 is 9.18 Å². The van der Waals surface area contributed by atoms with Crippen molar-refractivity contribution in [2.75, 3.05) is 0 Å². The third-order valence-electron chi connectivity index (χ3n) is 6.37. The maximum atomic E-state index is 13.3. The molecule has 1 aromatic heterocycles. The first-order valence-corrected chi connectivity index (χ1v) is 14.2. The Bertz CT molecular complexity index is 1370. The van der Waals surface area contributed by atoms with Crippen LogP contribution < -0.4 is 5.32 Å². The lowest BCUT2D eigenvalue weighted by Gasteiger charge is -2.18. The Labute approximate surface area is 232 Å². The van der Waals surface area contributed by atoms with Crippen molar-refractivity contribution >= 4 is 29.3 Å². The Morgan fingerprint density at radius 3 is 2.45 bits per heavy atom. The summed E-state index contributed by atoms with van der Waals surface area (Å²) in [5.74, 6) is 0.745. The summed E-state index contributed by atoms with van der Waals surface area (Å²) in [7, 11) is 0. The lowest BCUT2D eigenvalue weighted by atomic mass is 10.0. The third-order valence-corrected chi connectivity index (χ3v) is 7.61. The molecule has 1 amide bonds. The van der Waals surface area contributed by atoms with Crippen LogP contribution in [0.1, 0.15) is 72.0 Å². The minimum Gasteiger partial charge on any atom is -0.342 e. The third kappa shape index (κ3) is 7.03. The fourth-order valence-corrected chi connectivity index (χ4v) is 5.25. The first-order valence-electron chi connectivity index (χ1n) is 12.8. The van der Waals surface area contributed by atoms with E-state index in [9.17, 15) is 9.18 Å². The van der Waals surface area contributed by atoms with Gasteiger partial charge in [-0.3, -0.25) is 9.36 Å². The lowest BCUT2D eigenvalue weighted by Crippen LogP contribution is -2.28. The predicted molar refractivity (Wildman–Crippen MR) is 153 cm³/mol. The molecule has 198 valence electrons. The van der Waals surface area contributed by atoms with E-state index < -0.39 is 6.04 Å². The maximum Gasteiger partial charge on any atom is 0.251 e. The highest BCUT2D eigenvalue weighted by atomic mass is 35.5. The van der Waals surface area contributed by atoms with E-state index in [1.807, 2.05) is 60.9 Å². The van der Waals surface area contributed by atoms with E-state index in [4.69, 9.17) is 11.6 Å². The van der Waals surface area contributed by atoms with Crippen LogP contribution in [-0.4, -0.2) is 20.7 Å². The van der Waals surface area contributed by atoms with Gasteiger partial charge in [-0.15, -0.1) is 10.2 Å². The molecular weight excluding hydrogens is 519 g/mol. The van der Waals surface area contributed by atoms with Gasteiger partial charge in [-0.2, -0.15) is 0 Å². The molecule has 38 heavy (non-hydrogen) atoms. The molecule has 4 rings (SSSR count). The van der Waals surface area contributed by atoms with Crippen LogP contribution >= 0.6 is 23.4 Å². The van der Waals surface area contributed by atoms with Crippen LogP contribution in [0, 0.1) is 12.7 Å². The molecule has 0 saturated heterocycles. The predicted octanol–water partition coefficient (Wildman–Crippen LogP) is 7.88. The van der Waals surface area contributed by atoms with E-state index in [0.717, 1.165) is 29.7 Å². The maximum absolute atomic E-state index is 13.3. The van der Waals surface area contributed by atoms with Gasteiger partial charge >= 0.3 is 0 Å². The van der Waals surface area contributed by atoms with Crippen LogP contribution in [0.25, 0.3) is 5.69 Å². The SMILES string of the molecule is CCCCCc1ccc(C(=O)NC(C)c2nnc(SCc3ccc(F)cc3)n2-c2cc(Cl)ccc2C)cc1. The number of aromatic nitrogens is 3. The van der Waals surface area contributed by atoms with E-state index in [0.29, 0.717) is 27.3 Å². The van der Waals surface area contributed by atoms with Crippen molar-refractivity contribution in [1.82, 2.24) is 20.1 Å². The van der Waals surface area contributed by atoms with E-state index in [-0.39, 0.29) is 11.7 Å². The summed E-state index contributed by atoms with van der Waals surface area (Å²) in [6, 6.07) is 19.4. The van der Waals surface area contributed by atoms with E-state index in [1.54, 1.807) is 12.1 Å². The molecule has 0 aliphatic rings. The van der Waals surface area contributed by atoms with Gasteiger partial charge in [0.15, 0.2) is 11.0 Å². The minimum absolute atomic E-state index is 0.171. The second-order valence-electron chi connectivity index (χ2n) is 9.37. The number of carbonyl (C=O) groups excluding carboxylic acids is 1. The van der Waals surface area contributed by atoms with Gasteiger partial charge in [-0.25, -0.2) is 4.39 Å². The van der Waals surface area contributed by atoms with Crippen LogP contribution in [0.4, 0.5) is 4.39 Å². The highest BCUT2D eigenvalue weighted by Gasteiger charge is 2.23. The zero-order valence-corrected chi connectivity index (χ0v) is 23.5. The number of benzene rings is 3. The Morgan fingerprint density at radius 1 is 1.03 bits per heavy atom. The molecule has 1 unspecified atom stereocenters. The Morgan fingerprint density at radius 2 is 1.74 bits per heavy atom. The van der Waals surface area contributed by atoms with Crippen LogP contribution in [0.2, 0.25) is 5.02 Å². The fourth-order valence-electron chi connectivity index (χ4n) is 4.18. The molecule has 1 heterocycles. The van der Waals surface area contributed by atoms with Crippen LogP contribution in [0.15, 0.2) is 71.9 Å². The minimum atomic E-state index is -0.419. The summed E-state index contributed by atoms with van der Waals surface area (Å²) in [6.07, 6.45) is 4.56. The number of thioether (sulfide) groups is 1. The van der Waals surface area contributed by atoms with Crippen LogP contribution in [-0.2, 0) is 12.2 Å². The van der Waals surface area contributed by atoms with E-state index >= 15 is 0 Å². The van der Waals surface area contributed by atoms with Crippen molar-refractivity contribution in [2.24, 2.45) is 0 Å². The molecule has 4 aromatic rings. The van der Waals surface area contributed by atoms with Gasteiger partial charge in [0.2, 0.25) is 0 Å². The summed E-state index contributed by atoms with van der Waals surface area (Å²) < 4.78 is 15.3. The van der Waals surface area contributed by atoms with Crippen molar-refractivity contribution in [3.63, 3.8) is 0 Å². The van der Waals surface area contributed by atoms with Crippen LogP contribution in [0.5, 0.6) is 0 Å². The standard InChI is InChI=1S/C30H32ClFN4OS/c1-4-5-6-7-22-9-13-24(14-10-22)29(37)33-21(3)28-34-35-30(38-19-23-11-16-26(32)17-12-23)36(28)27-18-25(31)15-8-20(27)2/h8-18,21H,4-7,19H2,1-3H3,(H,33,37). The van der Waals surface area contributed by atoms with Gasteiger partial charge < -0.3 is 5.32 Å². The Hall–Kier alpha value is -3.16. The highest BCUT2D eigenvalue weighted by Crippen LogP contribution is 2.30. The fraction of sp³-hybridized carbons (Fsp3) is 0.300. The zero-order chi connectivity index (χ0) is 27.1. The van der Waals surface area contributed by atoms with Gasteiger partial charge in [0.25, 0.3) is 5.91 Å². The second-order valence-corrected chi connectivity index (χ2v) is 10.8. The molecule has 5 nitrogen and oxygen atoms in total. The average molecular weight is 551 g/mol. The topological polar surface area (TPSA) is 59.8 Å². The monoisotopic (exact) mass is 550 g/mol. The molecule has 0 radical (unpaired) electrons. The van der Waals surface area contributed by atoms with Gasteiger partial charge in [-0.1, -0.05) is 73.5 Å². The summed E-state index contributed by atoms with van der Waals surface area (Å²) in [6.45, 7) is 6.08. The highest BCUT2D eigenvalue weighted by molar-refractivity contribution is 7.98. The molecule has 0 fully saturated rings. The van der Waals surface area contributed by atoms with E-state index in [2.05, 4.69) is 22.4 Å². The van der Waals surface area contributed by atoms with Crippen LogP contribution in [0.3, 0.4) is 0 Å². The molecule has 0 aliphatic heterocycles.